The van der Waals surface area contributed by atoms with Crippen molar-refractivity contribution in [2.45, 2.75) is 23.8 Å². The molecule has 1 saturated heterocycles. The molecule has 1 atom stereocenters. The van der Waals surface area contributed by atoms with Crippen LogP contribution in [0.1, 0.15) is 24.4 Å². The zero-order valence-corrected chi connectivity index (χ0v) is 11.4. The zero-order chi connectivity index (χ0) is 12.3. The molecule has 0 aliphatic carbocycles. The molecule has 0 spiro atoms. The standard InChI is InChI=1S/C13H19NO2S/c1-15-10-6-7-11(16-2)13(17-3)12(10)9-5-4-8-14-9/h6-7,9,14H,4-5,8H2,1-3H3. The molecular weight excluding hydrogens is 234 g/mol. The lowest BCUT2D eigenvalue weighted by atomic mass is 10.0. The Balaban J connectivity index is 2.49. The second-order valence-electron chi connectivity index (χ2n) is 4.07. The van der Waals surface area contributed by atoms with E-state index in [1.165, 1.54) is 16.9 Å². The van der Waals surface area contributed by atoms with Crippen molar-refractivity contribution in [1.82, 2.24) is 5.32 Å². The Morgan fingerprint density at radius 3 is 2.47 bits per heavy atom. The molecule has 1 aromatic rings. The van der Waals surface area contributed by atoms with Gasteiger partial charge in [-0.3, -0.25) is 0 Å². The molecule has 1 fully saturated rings. The number of rotatable bonds is 4. The summed E-state index contributed by atoms with van der Waals surface area (Å²) in [5.41, 5.74) is 1.25. The Morgan fingerprint density at radius 1 is 1.24 bits per heavy atom. The molecular formula is C13H19NO2S. The summed E-state index contributed by atoms with van der Waals surface area (Å²) >= 11 is 1.72. The van der Waals surface area contributed by atoms with Crippen LogP contribution >= 0.6 is 11.8 Å². The normalized spacial score (nSPS) is 19.4. The molecule has 1 aliphatic heterocycles. The monoisotopic (exact) mass is 253 g/mol. The Kier molecular flexibility index (Phi) is 4.18. The predicted molar refractivity (Wildman–Crippen MR) is 71.3 cm³/mol. The van der Waals surface area contributed by atoms with Gasteiger partial charge in [0.15, 0.2) is 0 Å². The van der Waals surface area contributed by atoms with Crippen molar-refractivity contribution in [3.05, 3.63) is 17.7 Å². The van der Waals surface area contributed by atoms with Crippen LogP contribution in [0.4, 0.5) is 0 Å². The van der Waals surface area contributed by atoms with Crippen LogP contribution in [0.25, 0.3) is 0 Å². The largest absolute Gasteiger partial charge is 0.496 e. The first-order valence-corrected chi connectivity index (χ1v) is 7.06. The Morgan fingerprint density at radius 2 is 1.94 bits per heavy atom. The number of thioether (sulfide) groups is 1. The van der Waals surface area contributed by atoms with Crippen LogP contribution in [0.5, 0.6) is 11.5 Å². The number of hydrogen-bond donors (Lipinski definition) is 1. The van der Waals surface area contributed by atoms with Gasteiger partial charge < -0.3 is 14.8 Å². The molecule has 0 bridgehead atoms. The maximum Gasteiger partial charge on any atom is 0.133 e. The number of hydrogen-bond acceptors (Lipinski definition) is 4. The molecule has 0 radical (unpaired) electrons. The van der Waals surface area contributed by atoms with Crippen LogP contribution in [0, 0.1) is 0 Å². The van der Waals surface area contributed by atoms with Gasteiger partial charge in [-0.05, 0) is 37.8 Å². The zero-order valence-electron chi connectivity index (χ0n) is 10.6. The van der Waals surface area contributed by atoms with E-state index in [4.69, 9.17) is 9.47 Å². The van der Waals surface area contributed by atoms with Crippen molar-refractivity contribution in [3.8, 4) is 11.5 Å². The maximum absolute atomic E-state index is 5.49. The summed E-state index contributed by atoms with van der Waals surface area (Å²) in [5.74, 6) is 1.89. The summed E-state index contributed by atoms with van der Waals surface area (Å²) in [6, 6.07) is 4.36. The molecule has 1 N–H and O–H groups in total. The quantitative estimate of drug-likeness (QED) is 0.836. The van der Waals surface area contributed by atoms with Gasteiger partial charge >= 0.3 is 0 Å². The van der Waals surface area contributed by atoms with E-state index < -0.39 is 0 Å². The number of benzene rings is 1. The van der Waals surface area contributed by atoms with Crippen molar-refractivity contribution in [2.24, 2.45) is 0 Å². The molecule has 94 valence electrons. The third-order valence-electron chi connectivity index (χ3n) is 3.17. The van der Waals surface area contributed by atoms with Crippen LogP contribution in [0.3, 0.4) is 0 Å². The van der Waals surface area contributed by atoms with Crippen LogP contribution in [0.15, 0.2) is 17.0 Å². The highest BCUT2D eigenvalue weighted by molar-refractivity contribution is 7.98. The molecule has 4 heteroatoms. The van der Waals surface area contributed by atoms with E-state index in [9.17, 15) is 0 Å². The number of methoxy groups -OCH3 is 2. The van der Waals surface area contributed by atoms with Crippen molar-refractivity contribution < 1.29 is 9.47 Å². The van der Waals surface area contributed by atoms with E-state index in [2.05, 4.69) is 11.6 Å². The van der Waals surface area contributed by atoms with Gasteiger partial charge in [0.2, 0.25) is 0 Å². The molecule has 1 aromatic carbocycles. The maximum atomic E-state index is 5.49. The first-order chi connectivity index (χ1) is 8.31. The Labute approximate surface area is 107 Å². The third kappa shape index (κ3) is 2.38. The van der Waals surface area contributed by atoms with E-state index in [1.54, 1.807) is 26.0 Å². The molecule has 2 rings (SSSR count). The lowest BCUT2D eigenvalue weighted by Crippen LogP contribution is -2.15. The van der Waals surface area contributed by atoms with Crippen LogP contribution in [0.2, 0.25) is 0 Å². The fourth-order valence-corrected chi connectivity index (χ4v) is 3.19. The summed E-state index contributed by atoms with van der Waals surface area (Å²) in [7, 11) is 3.44. The van der Waals surface area contributed by atoms with Crippen LogP contribution in [-0.2, 0) is 0 Å². The Bertz CT molecular complexity index is 389. The molecule has 0 saturated carbocycles. The summed E-state index contributed by atoms with van der Waals surface area (Å²) in [4.78, 5) is 1.19. The molecule has 17 heavy (non-hydrogen) atoms. The van der Waals surface area contributed by atoms with Gasteiger partial charge in [0.05, 0.1) is 19.1 Å². The molecule has 1 unspecified atom stereocenters. The molecule has 1 aliphatic rings. The topological polar surface area (TPSA) is 30.5 Å². The first kappa shape index (κ1) is 12.6. The molecule has 1 heterocycles. The van der Waals surface area contributed by atoms with Gasteiger partial charge in [0.25, 0.3) is 0 Å². The van der Waals surface area contributed by atoms with E-state index in [0.717, 1.165) is 24.5 Å². The summed E-state index contributed by atoms with van der Waals surface area (Å²) in [6.07, 6.45) is 4.46. The van der Waals surface area contributed by atoms with E-state index in [1.807, 2.05) is 12.1 Å². The van der Waals surface area contributed by atoms with Gasteiger partial charge in [-0.15, -0.1) is 11.8 Å². The predicted octanol–water partition coefficient (Wildman–Crippen LogP) is 2.85. The molecule has 0 aromatic heterocycles. The van der Waals surface area contributed by atoms with Gasteiger partial charge in [-0.1, -0.05) is 0 Å². The SMILES string of the molecule is COc1ccc(OC)c(C2CCCN2)c1SC. The highest BCUT2D eigenvalue weighted by atomic mass is 32.2. The van der Waals surface area contributed by atoms with Crippen LogP contribution < -0.4 is 14.8 Å². The van der Waals surface area contributed by atoms with Crippen molar-refractivity contribution in [3.63, 3.8) is 0 Å². The van der Waals surface area contributed by atoms with E-state index in [0.29, 0.717) is 6.04 Å². The second-order valence-corrected chi connectivity index (χ2v) is 4.88. The lowest BCUT2D eigenvalue weighted by molar-refractivity contribution is 0.383. The Hall–Kier alpha value is -0.870. The van der Waals surface area contributed by atoms with Crippen molar-refractivity contribution in [2.75, 3.05) is 27.0 Å². The second kappa shape index (κ2) is 5.65. The average molecular weight is 253 g/mol. The minimum Gasteiger partial charge on any atom is -0.496 e. The summed E-state index contributed by atoms with van der Waals surface area (Å²) in [6.45, 7) is 1.08. The van der Waals surface area contributed by atoms with Gasteiger partial charge in [0.1, 0.15) is 11.5 Å². The van der Waals surface area contributed by atoms with Crippen molar-refractivity contribution in [1.29, 1.82) is 0 Å². The minimum atomic E-state index is 0.391. The minimum absolute atomic E-state index is 0.391. The number of ether oxygens (including phenoxy) is 2. The number of nitrogens with one attached hydrogen (secondary N) is 1. The summed E-state index contributed by atoms with van der Waals surface area (Å²) < 4.78 is 10.9. The van der Waals surface area contributed by atoms with E-state index >= 15 is 0 Å². The highest BCUT2D eigenvalue weighted by Crippen LogP contribution is 2.42. The highest BCUT2D eigenvalue weighted by Gasteiger charge is 2.25. The smallest absolute Gasteiger partial charge is 0.133 e. The summed E-state index contributed by atoms with van der Waals surface area (Å²) in [5, 5.41) is 3.52. The van der Waals surface area contributed by atoms with Gasteiger partial charge in [0, 0.05) is 11.6 Å². The fraction of sp³-hybridized carbons (Fsp3) is 0.538. The molecule has 0 amide bonds. The van der Waals surface area contributed by atoms with E-state index in [-0.39, 0.29) is 0 Å². The first-order valence-electron chi connectivity index (χ1n) is 5.84. The van der Waals surface area contributed by atoms with Gasteiger partial charge in [-0.25, -0.2) is 0 Å². The molecule has 3 nitrogen and oxygen atoms in total. The average Bonchev–Trinajstić information content (AvgIpc) is 2.90. The van der Waals surface area contributed by atoms with Crippen LogP contribution in [-0.4, -0.2) is 27.0 Å². The lowest BCUT2D eigenvalue weighted by Gasteiger charge is -2.20. The fourth-order valence-electron chi connectivity index (χ4n) is 2.37. The third-order valence-corrected chi connectivity index (χ3v) is 4.00. The van der Waals surface area contributed by atoms with Crippen molar-refractivity contribution >= 4 is 11.8 Å². The van der Waals surface area contributed by atoms with Gasteiger partial charge in [-0.2, -0.15) is 0 Å².